The molecular formula is C27H36N4OS. The Morgan fingerprint density at radius 2 is 2.06 bits per heavy atom. The van der Waals surface area contributed by atoms with Crippen LogP contribution in [0.2, 0.25) is 0 Å². The van der Waals surface area contributed by atoms with Crippen molar-refractivity contribution < 1.29 is 4.74 Å². The summed E-state index contributed by atoms with van der Waals surface area (Å²) in [5, 5.41) is 13.4. The van der Waals surface area contributed by atoms with Crippen LogP contribution in [0.15, 0.2) is 41.1 Å². The van der Waals surface area contributed by atoms with Crippen LogP contribution < -0.4 is 10.1 Å². The van der Waals surface area contributed by atoms with Gasteiger partial charge in [-0.25, -0.2) is 0 Å². The van der Waals surface area contributed by atoms with Crippen molar-refractivity contribution >= 4 is 17.4 Å². The van der Waals surface area contributed by atoms with Crippen LogP contribution >= 0.6 is 11.8 Å². The topological polar surface area (TPSA) is 59.9 Å². The fraction of sp³-hybridized carbons (Fsp3) is 0.593. The molecule has 4 atom stereocenters. The lowest BCUT2D eigenvalue weighted by atomic mass is 9.59. The van der Waals surface area contributed by atoms with Gasteiger partial charge in [0.25, 0.3) is 0 Å². The van der Waals surface area contributed by atoms with Gasteiger partial charge < -0.3 is 10.1 Å². The van der Waals surface area contributed by atoms with Crippen molar-refractivity contribution in [1.82, 2.24) is 15.2 Å². The second-order valence-electron chi connectivity index (χ2n) is 10.6. The van der Waals surface area contributed by atoms with E-state index in [1.165, 1.54) is 12.8 Å². The highest BCUT2D eigenvalue weighted by Gasteiger charge is 2.44. The zero-order valence-corrected chi connectivity index (χ0v) is 21.1. The Balaban J connectivity index is 1.48. The van der Waals surface area contributed by atoms with E-state index in [0.29, 0.717) is 34.2 Å². The van der Waals surface area contributed by atoms with Crippen LogP contribution in [0.1, 0.15) is 66.2 Å². The summed E-state index contributed by atoms with van der Waals surface area (Å²) in [7, 11) is 0. The molecule has 1 N–H and O–H groups in total. The van der Waals surface area contributed by atoms with Gasteiger partial charge in [0.2, 0.25) is 11.0 Å². The van der Waals surface area contributed by atoms with E-state index < -0.39 is 0 Å². The lowest BCUT2D eigenvalue weighted by molar-refractivity contribution is 0.0519. The Morgan fingerprint density at radius 1 is 1.21 bits per heavy atom. The maximum Gasteiger partial charge on any atom is 0.247 e. The molecule has 6 heteroatoms. The van der Waals surface area contributed by atoms with Crippen LogP contribution in [0.3, 0.4) is 0 Å². The van der Waals surface area contributed by atoms with Crippen molar-refractivity contribution in [2.24, 2.45) is 23.2 Å². The van der Waals surface area contributed by atoms with Gasteiger partial charge in [-0.2, -0.15) is 4.98 Å². The van der Waals surface area contributed by atoms with E-state index in [1.807, 2.05) is 6.07 Å². The van der Waals surface area contributed by atoms with Crippen molar-refractivity contribution in [3.05, 3.63) is 35.9 Å². The quantitative estimate of drug-likeness (QED) is 0.293. The highest BCUT2D eigenvalue weighted by atomic mass is 32.2. The van der Waals surface area contributed by atoms with Crippen molar-refractivity contribution in [2.75, 3.05) is 11.1 Å². The van der Waals surface area contributed by atoms with Crippen molar-refractivity contribution in [2.45, 2.75) is 77.6 Å². The molecule has 2 heterocycles. The van der Waals surface area contributed by atoms with Crippen LogP contribution in [0.25, 0.3) is 11.3 Å². The number of unbranched alkanes of at least 4 members (excludes halogenated alkanes) is 1. The molecule has 0 radical (unpaired) electrons. The van der Waals surface area contributed by atoms with Crippen LogP contribution in [0.4, 0.5) is 5.69 Å². The average molecular weight is 465 g/mol. The van der Waals surface area contributed by atoms with Crippen LogP contribution in [-0.4, -0.2) is 27.2 Å². The summed E-state index contributed by atoms with van der Waals surface area (Å²) in [5.74, 6) is 3.18. The number of nitrogens with zero attached hydrogens (tertiary/aromatic N) is 3. The van der Waals surface area contributed by atoms with E-state index in [0.717, 1.165) is 48.4 Å². The zero-order valence-electron chi connectivity index (χ0n) is 20.3. The molecule has 3 aliphatic rings. The number of benzene rings is 1. The van der Waals surface area contributed by atoms with E-state index in [-0.39, 0.29) is 6.23 Å². The third-order valence-corrected chi connectivity index (χ3v) is 8.78. The van der Waals surface area contributed by atoms with Crippen LogP contribution in [-0.2, 0) is 0 Å². The molecule has 1 aromatic carbocycles. The first-order chi connectivity index (χ1) is 16.0. The van der Waals surface area contributed by atoms with E-state index >= 15 is 0 Å². The molecule has 33 heavy (non-hydrogen) atoms. The van der Waals surface area contributed by atoms with Crippen LogP contribution in [0.5, 0.6) is 5.88 Å². The summed E-state index contributed by atoms with van der Waals surface area (Å²) in [5.41, 5.74) is 4.82. The number of fused-ring (bicyclic) bond motifs is 4. The summed E-state index contributed by atoms with van der Waals surface area (Å²) in [4.78, 5) is 4.84. The van der Waals surface area contributed by atoms with Gasteiger partial charge in [0.15, 0.2) is 11.9 Å². The molecule has 0 spiro atoms. The van der Waals surface area contributed by atoms with Gasteiger partial charge in [0, 0.05) is 22.9 Å². The number of aromatic nitrogens is 3. The highest BCUT2D eigenvalue weighted by molar-refractivity contribution is 7.99. The molecular weight excluding hydrogens is 428 g/mol. The Kier molecular flexibility index (Phi) is 6.39. The van der Waals surface area contributed by atoms with Crippen molar-refractivity contribution in [1.29, 1.82) is 0 Å². The number of allylic oxidation sites excluding steroid dienone is 2. The fourth-order valence-corrected chi connectivity index (χ4v) is 6.69. The van der Waals surface area contributed by atoms with E-state index in [9.17, 15) is 0 Å². The first-order valence-corrected chi connectivity index (χ1v) is 13.5. The molecule has 2 aliphatic carbocycles. The minimum atomic E-state index is -0.133. The molecule has 0 bridgehead atoms. The van der Waals surface area contributed by atoms with Gasteiger partial charge in [0.05, 0.1) is 0 Å². The Morgan fingerprint density at radius 3 is 2.91 bits per heavy atom. The second kappa shape index (κ2) is 9.28. The smallest absolute Gasteiger partial charge is 0.247 e. The fourth-order valence-electron chi connectivity index (χ4n) is 5.82. The number of nitrogens with one attached hydrogen (secondary N) is 1. The van der Waals surface area contributed by atoms with E-state index in [2.05, 4.69) is 67.5 Å². The second-order valence-corrected chi connectivity index (χ2v) is 11.7. The predicted octanol–water partition coefficient (Wildman–Crippen LogP) is 6.97. The minimum absolute atomic E-state index is 0.133. The van der Waals surface area contributed by atoms with Gasteiger partial charge in [-0.1, -0.05) is 75.7 Å². The molecule has 176 valence electrons. The lowest BCUT2D eigenvalue weighted by Gasteiger charge is -2.48. The lowest BCUT2D eigenvalue weighted by Crippen LogP contribution is -2.45. The maximum absolute atomic E-state index is 6.69. The molecule has 0 unspecified atom stereocenters. The van der Waals surface area contributed by atoms with Gasteiger partial charge >= 0.3 is 0 Å². The van der Waals surface area contributed by atoms with Gasteiger partial charge in [-0.15, -0.1) is 10.2 Å². The summed E-state index contributed by atoms with van der Waals surface area (Å²) in [6.45, 7) is 9.48. The summed E-state index contributed by atoms with van der Waals surface area (Å²) < 4.78 is 6.69. The summed E-state index contributed by atoms with van der Waals surface area (Å²) in [6.07, 6.45) is 9.48. The molecule has 1 saturated carbocycles. The number of anilines is 1. The molecule has 0 saturated heterocycles. The molecule has 1 aromatic heterocycles. The van der Waals surface area contributed by atoms with Crippen LogP contribution in [0, 0.1) is 23.2 Å². The molecule has 5 nitrogen and oxygen atoms in total. The third-order valence-electron chi connectivity index (χ3n) is 7.85. The van der Waals surface area contributed by atoms with Gasteiger partial charge in [-0.05, 0) is 55.4 Å². The molecule has 2 aromatic rings. The summed E-state index contributed by atoms with van der Waals surface area (Å²) in [6, 6.07) is 8.32. The monoisotopic (exact) mass is 464 g/mol. The summed E-state index contributed by atoms with van der Waals surface area (Å²) >= 11 is 1.67. The van der Waals surface area contributed by atoms with Crippen molar-refractivity contribution in [3.63, 3.8) is 0 Å². The van der Waals surface area contributed by atoms with E-state index in [4.69, 9.17) is 9.72 Å². The zero-order chi connectivity index (χ0) is 23.0. The first kappa shape index (κ1) is 22.7. The van der Waals surface area contributed by atoms with Crippen molar-refractivity contribution in [3.8, 4) is 17.1 Å². The molecule has 1 aliphatic heterocycles. The largest absolute Gasteiger partial charge is 0.452 e. The normalized spacial score (nSPS) is 27.7. The van der Waals surface area contributed by atoms with E-state index in [1.54, 1.807) is 17.3 Å². The number of ether oxygens (including phenoxy) is 1. The Labute approximate surface area is 202 Å². The number of para-hydroxylation sites is 1. The molecule has 5 rings (SSSR count). The van der Waals surface area contributed by atoms with Gasteiger partial charge in [-0.3, -0.25) is 0 Å². The SMILES string of the molecule is CCCCSc1nnc2c(n1)O[C@H]([C@@H]1C[C@@H]3C(=CCCC3(C)C)C[C@@H]1C)Nc1ccccc1-2. The number of hydrogen-bond donors (Lipinski definition) is 1. The Hall–Kier alpha value is -2.08. The first-order valence-electron chi connectivity index (χ1n) is 12.6. The predicted molar refractivity (Wildman–Crippen MR) is 135 cm³/mol. The van der Waals surface area contributed by atoms with Gasteiger partial charge in [0.1, 0.15) is 0 Å². The third kappa shape index (κ3) is 4.51. The number of rotatable bonds is 5. The molecule has 0 amide bonds. The Bertz CT molecular complexity index is 1040. The number of thioether (sulfide) groups is 1. The number of hydrogen-bond acceptors (Lipinski definition) is 6. The molecule has 1 fully saturated rings. The minimum Gasteiger partial charge on any atom is -0.452 e. The average Bonchev–Trinajstić information content (AvgIpc) is 2.95. The highest BCUT2D eigenvalue weighted by Crippen LogP contribution is 2.52. The standard InChI is InChI=1S/C27H36N4OS/c1-5-6-14-33-26-29-25-23(30-31-26)19-11-7-8-12-22(19)28-24(32-25)20-16-21-18(15-17(20)2)10-9-13-27(21,3)4/h7-8,10-12,17,20-21,24,28H,5-6,9,13-16H2,1-4H3/t17-,20+,21+,24+/m0/s1. The maximum atomic E-state index is 6.69.